The Bertz CT molecular complexity index is 743. The van der Waals surface area contributed by atoms with Gasteiger partial charge in [-0.3, -0.25) is 9.59 Å². The summed E-state index contributed by atoms with van der Waals surface area (Å²) in [5.74, 6) is -0.385. The van der Waals surface area contributed by atoms with Gasteiger partial charge in [0.2, 0.25) is 0 Å². The Morgan fingerprint density at radius 2 is 1.92 bits per heavy atom. The first kappa shape index (κ1) is 18.1. The number of amides is 1. The zero-order chi connectivity index (χ0) is 17.5. The van der Waals surface area contributed by atoms with Crippen LogP contribution < -0.4 is 5.32 Å². The average molecular weight is 343 g/mol. The van der Waals surface area contributed by atoms with Gasteiger partial charge in [0, 0.05) is 22.8 Å². The highest BCUT2D eigenvalue weighted by molar-refractivity contribution is 7.98. The van der Waals surface area contributed by atoms with Gasteiger partial charge in [-0.1, -0.05) is 29.8 Å². The van der Waals surface area contributed by atoms with Crippen molar-refractivity contribution in [3.8, 4) is 0 Å². The number of carboxylic acids is 1. The first-order valence-corrected chi connectivity index (χ1v) is 8.73. The van der Waals surface area contributed by atoms with Crippen LogP contribution in [0.3, 0.4) is 0 Å². The van der Waals surface area contributed by atoms with Gasteiger partial charge in [-0.05, 0) is 43.2 Å². The third kappa shape index (κ3) is 5.42. The maximum absolute atomic E-state index is 12.0. The maximum Gasteiger partial charge on any atom is 0.305 e. The number of hydrogen-bond acceptors (Lipinski definition) is 3. The molecular formula is C19H21NO3S. The van der Waals surface area contributed by atoms with Crippen LogP contribution in [0.4, 0.5) is 0 Å². The van der Waals surface area contributed by atoms with Gasteiger partial charge in [0.05, 0.1) is 6.42 Å². The summed E-state index contributed by atoms with van der Waals surface area (Å²) in [6.07, 6.45) is -0.0754. The molecule has 0 saturated heterocycles. The summed E-state index contributed by atoms with van der Waals surface area (Å²) in [5.41, 5.74) is 4.12. The number of nitrogens with one attached hydrogen (secondary N) is 1. The summed E-state index contributed by atoms with van der Waals surface area (Å²) in [6.45, 7) is 4.31. The van der Waals surface area contributed by atoms with Gasteiger partial charge in [-0.15, -0.1) is 11.8 Å². The molecule has 0 saturated carbocycles. The van der Waals surface area contributed by atoms with Gasteiger partial charge < -0.3 is 10.4 Å². The predicted octanol–water partition coefficient (Wildman–Crippen LogP) is 3.80. The predicted molar refractivity (Wildman–Crippen MR) is 96.5 cm³/mol. The summed E-state index contributed by atoms with van der Waals surface area (Å²) in [5, 5.41) is 11.2. The van der Waals surface area contributed by atoms with E-state index in [9.17, 15) is 9.59 Å². The quantitative estimate of drug-likeness (QED) is 0.751. The normalized spacial score (nSPS) is 10.4. The van der Waals surface area contributed by atoms with Crippen molar-refractivity contribution < 1.29 is 14.7 Å². The second-order valence-corrected chi connectivity index (χ2v) is 6.67. The third-order valence-corrected chi connectivity index (χ3v) is 4.79. The lowest BCUT2D eigenvalue weighted by Crippen LogP contribution is -2.26. The number of rotatable bonds is 7. The van der Waals surface area contributed by atoms with E-state index in [4.69, 9.17) is 5.11 Å². The second kappa shape index (κ2) is 8.55. The lowest BCUT2D eigenvalue weighted by Gasteiger charge is -2.08. The molecule has 0 bridgehead atoms. The average Bonchev–Trinajstić information content (AvgIpc) is 2.54. The van der Waals surface area contributed by atoms with E-state index in [1.807, 2.05) is 18.2 Å². The number of carbonyl (C=O) groups excluding carboxylic acids is 1. The van der Waals surface area contributed by atoms with Gasteiger partial charge in [-0.25, -0.2) is 0 Å². The Morgan fingerprint density at radius 1 is 1.12 bits per heavy atom. The van der Waals surface area contributed by atoms with E-state index >= 15 is 0 Å². The molecule has 126 valence electrons. The Morgan fingerprint density at radius 3 is 2.62 bits per heavy atom. The van der Waals surface area contributed by atoms with Crippen molar-refractivity contribution in [1.82, 2.24) is 5.32 Å². The van der Waals surface area contributed by atoms with Gasteiger partial charge in [0.15, 0.2) is 0 Å². The molecule has 0 aromatic heterocycles. The number of carbonyl (C=O) groups is 2. The molecule has 0 radical (unpaired) electrons. The zero-order valence-electron chi connectivity index (χ0n) is 13.8. The van der Waals surface area contributed by atoms with Gasteiger partial charge >= 0.3 is 5.97 Å². The van der Waals surface area contributed by atoms with E-state index in [-0.39, 0.29) is 18.9 Å². The Kier molecular flexibility index (Phi) is 6.44. The number of thioether (sulfide) groups is 1. The monoisotopic (exact) mass is 343 g/mol. The lowest BCUT2D eigenvalue weighted by molar-refractivity contribution is -0.136. The standard InChI is InChI=1S/C19H21NO3S/c1-13-6-7-17(14(2)10-13)24-12-15-4-3-5-16(11-15)19(23)20-9-8-18(21)22/h3-7,10-11H,8-9,12H2,1-2H3,(H,20,23)(H,21,22). The molecule has 0 aliphatic carbocycles. The van der Waals surface area contributed by atoms with Crippen LogP contribution in [0.25, 0.3) is 0 Å². The summed E-state index contributed by atoms with van der Waals surface area (Å²) >= 11 is 1.74. The topological polar surface area (TPSA) is 66.4 Å². The molecule has 0 aliphatic heterocycles. The molecule has 0 heterocycles. The fourth-order valence-electron chi connectivity index (χ4n) is 2.31. The lowest BCUT2D eigenvalue weighted by atomic mass is 10.1. The van der Waals surface area contributed by atoms with Crippen molar-refractivity contribution in [1.29, 1.82) is 0 Å². The summed E-state index contributed by atoms with van der Waals surface area (Å²) in [6, 6.07) is 13.8. The SMILES string of the molecule is Cc1ccc(SCc2cccc(C(=O)NCCC(=O)O)c2)c(C)c1. The van der Waals surface area contributed by atoms with Gasteiger partial charge in [0.25, 0.3) is 5.91 Å². The van der Waals surface area contributed by atoms with Crippen LogP contribution in [-0.4, -0.2) is 23.5 Å². The van der Waals surface area contributed by atoms with Crippen LogP contribution in [0.15, 0.2) is 47.4 Å². The first-order valence-electron chi connectivity index (χ1n) is 7.74. The Balaban J connectivity index is 1.97. The van der Waals surface area contributed by atoms with Crippen LogP contribution in [-0.2, 0) is 10.5 Å². The molecule has 2 rings (SSSR count). The van der Waals surface area contributed by atoms with E-state index in [0.717, 1.165) is 11.3 Å². The second-order valence-electron chi connectivity index (χ2n) is 5.66. The molecule has 0 unspecified atom stereocenters. The number of aliphatic carboxylic acids is 1. The number of aryl methyl sites for hydroxylation is 2. The maximum atomic E-state index is 12.0. The smallest absolute Gasteiger partial charge is 0.305 e. The zero-order valence-corrected chi connectivity index (χ0v) is 14.7. The minimum Gasteiger partial charge on any atom is -0.481 e. The Hall–Kier alpha value is -2.27. The first-order chi connectivity index (χ1) is 11.5. The molecule has 24 heavy (non-hydrogen) atoms. The van der Waals surface area contributed by atoms with E-state index in [1.54, 1.807) is 17.8 Å². The number of hydrogen-bond donors (Lipinski definition) is 2. The minimum atomic E-state index is -0.922. The fraction of sp³-hybridized carbons (Fsp3) is 0.263. The fourth-order valence-corrected chi connectivity index (χ4v) is 3.26. The number of benzene rings is 2. The van der Waals surface area contributed by atoms with Crippen molar-refractivity contribution in [3.63, 3.8) is 0 Å². The minimum absolute atomic E-state index is 0.0754. The van der Waals surface area contributed by atoms with Crippen LogP contribution in [0.2, 0.25) is 0 Å². The van der Waals surface area contributed by atoms with Crippen LogP contribution >= 0.6 is 11.8 Å². The molecule has 0 fully saturated rings. The van der Waals surface area contributed by atoms with Crippen LogP contribution in [0, 0.1) is 13.8 Å². The molecule has 2 aromatic rings. The Labute approximate surface area is 146 Å². The van der Waals surface area contributed by atoms with E-state index in [1.165, 1.54) is 16.0 Å². The highest BCUT2D eigenvalue weighted by atomic mass is 32.2. The van der Waals surface area contributed by atoms with Crippen molar-refractivity contribution in [2.24, 2.45) is 0 Å². The van der Waals surface area contributed by atoms with Crippen molar-refractivity contribution in [3.05, 3.63) is 64.7 Å². The molecule has 5 heteroatoms. The van der Waals surface area contributed by atoms with Crippen molar-refractivity contribution in [2.45, 2.75) is 30.9 Å². The molecule has 4 nitrogen and oxygen atoms in total. The molecule has 0 spiro atoms. The molecule has 1 amide bonds. The highest BCUT2D eigenvalue weighted by Gasteiger charge is 2.07. The third-order valence-electron chi connectivity index (χ3n) is 3.54. The molecule has 2 N–H and O–H groups in total. The van der Waals surface area contributed by atoms with Crippen molar-refractivity contribution >= 4 is 23.6 Å². The molecule has 0 atom stereocenters. The van der Waals surface area contributed by atoms with E-state index in [0.29, 0.717) is 5.56 Å². The number of carboxylic acid groups (broad SMARTS) is 1. The molecule has 0 aliphatic rings. The van der Waals surface area contributed by atoms with Gasteiger partial charge in [-0.2, -0.15) is 0 Å². The molecule has 2 aromatic carbocycles. The van der Waals surface area contributed by atoms with Crippen molar-refractivity contribution in [2.75, 3.05) is 6.54 Å². The van der Waals surface area contributed by atoms with E-state index < -0.39 is 5.97 Å². The summed E-state index contributed by atoms with van der Waals surface area (Å²) in [7, 11) is 0. The van der Waals surface area contributed by atoms with E-state index in [2.05, 4.69) is 37.4 Å². The van der Waals surface area contributed by atoms with Gasteiger partial charge in [0.1, 0.15) is 0 Å². The van der Waals surface area contributed by atoms with Crippen LogP contribution in [0.1, 0.15) is 33.5 Å². The summed E-state index contributed by atoms with van der Waals surface area (Å²) in [4.78, 5) is 23.8. The highest BCUT2D eigenvalue weighted by Crippen LogP contribution is 2.26. The summed E-state index contributed by atoms with van der Waals surface area (Å²) < 4.78 is 0. The van der Waals surface area contributed by atoms with Crippen LogP contribution in [0.5, 0.6) is 0 Å². The largest absolute Gasteiger partial charge is 0.481 e. The molecular weight excluding hydrogens is 322 g/mol.